The first-order valence-electron chi connectivity index (χ1n) is 5.16. The topological polar surface area (TPSA) is 115 Å². The fourth-order valence-electron chi connectivity index (χ4n) is 0. The molecule has 0 heterocycles. The number of rotatable bonds is 0. The molecule has 11 heteroatoms. The van der Waals surface area contributed by atoms with Crippen molar-refractivity contribution in [3.8, 4) is 0 Å². The van der Waals surface area contributed by atoms with E-state index in [-0.39, 0.29) is 22.4 Å². The maximum atomic E-state index is 10.4. The molecule has 5 atom stereocenters. The molecule has 0 radical (unpaired) electrons. The van der Waals surface area contributed by atoms with Gasteiger partial charge in [-0.3, -0.25) is 22.0 Å². The Morgan fingerprint density at radius 3 is 0.429 bits per heavy atom. The fourth-order valence-corrected chi connectivity index (χ4v) is 0. The Morgan fingerprint density at radius 1 is 0.429 bits per heavy atom. The summed E-state index contributed by atoms with van der Waals surface area (Å²) < 4.78 is 52.2. The molecule has 0 amide bonds. The van der Waals surface area contributed by atoms with Crippen molar-refractivity contribution in [2.45, 2.75) is 66.4 Å². The van der Waals surface area contributed by atoms with Gasteiger partial charge in [0.2, 0.25) is 0 Å². The van der Waals surface area contributed by atoms with Gasteiger partial charge in [-0.1, -0.05) is 0 Å². The second-order valence-electron chi connectivity index (χ2n) is 2.72. The van der Waals surface area contributed by atoms with Gasteiger partial charge in [0, 0.05) is 31.8 Å². The molecule has 0 aromatic carbocycles. The zero-order valence-electron chi connectivity index (χ0n) is 12.3. The maximum absolute atomic E-state index is 10.4. The smallest absolute Gasteiger partial charge is 0.827 e. The van der Waals surface area contributed by atoms with Crippen molar-refractivity contribution in [3.05, 3.63) is 0 Å². The summed E-state index contributed by atoms with van der Waals surface area (Å²) in [6.45, 7) is 4.72. The molecule has 0 aliphatic carbocycles. The first kappa shape index (κ1) is 37.4. The molecule has 0 saturated carbocycles. The van der Waals surface area contributed by atoms with E-state index >= 15 is 0 Å². The number of hydrogen-bond donors (Lipinski definition) is 0. The van der Waals surface area contributed by atoms with E-state index in [0.717, 1.165) is 34.6 Å². The summed E-state index contributed by atoms with van der Waals surface area (Å²) in [5.41, 5.74) is 0. The third-order valence-electron chi connectivity index (χ3n) is 0. The van der Waals surface area contributed by atoms with Crippen LogP contribution in [0.1, 0.15) is 34.6 Å². The van der Waals surface area contributed by atoms with E-state index < -0.39 is 31.8 Å². The molecule has 0 fully saturated rings. The van der Waals surface area contributed by atoms with E-state index in [0.29, 0.717) is 0 Å². The molecule has 0 aromatic rings. The van der Waals surface area contributed by atoms with Crippen LogP contribution in [0.15, 0.2) is 0 Å². The van der Waals surface area contributed by atoms with Gasteiger partial charge in [-0.25, -0.2) is 0 Å². The monoisotopic (exact) mass is 496 g/mol. The van der Waals surface area contributed by atoms with E-state index in [4.69, 9.17) is 25.5 Å². The molecule has 5 nitrogen and oxygen atoms in total. The minimum absolute atomic E-state index is 0. The fraction of sp³-hybridized carbons (Fsp3) is 1.00. The van der Waals surface area contributed by atoms with Gasteiger partial charge in [-0.05, 0) is 34.6 Å². The molecule has 0 aliphatic rings. The van der Waals surface area contributed by atoms with Gasteiger partial charge >= 0.3 is 22.4 Å². The molecule has 0 rings (SSSR count). The van der Waals surface area contributed by atoms with Crippen molar-refractivity contribution in [2.75, 3.05) is 0 Å². The Hall–Kier alpha value is 0.190. The Morgan fingerprint density at radius 2 is 0.429 bits per heavy atom. The molecule has 0 saturated heterocycles. The molecule has 0 spiro atoms. The van der Waals surface area contributed by atoms with E-state index in [2.05, 4.69) is 0 Å². The van der Waals surface area contributed by atoms with Crippen molar-refractivity contribution >= 4 is 0 Å². The maximum Gasteiger partial charge on any atom is 5.00 e. The van der Waals surface area contributed by atoms with Gasteiger partial charge in [-0.2, -0.15) is 0 Å². The molecule has 0 N–H and O–H groups in total. The summed E-state index contributed by atoms with van der Waals surface area (Å²) in [5, 5.41) is 44.3. The summed E-state index contributed by atoms with van der Waals surface area (Å²) in [6, 6.07) is 0. The number of alkyl halides is 5. The normalized spacial score (nSPS) is 15.0. The average molecular weight is 496 g/mol. The molecular weight excluding hydrogens is 476 g/mol. The number of hydrogen-bond acceptors (Lipinski definition) is 5. The van der Waals surface area contributed by atoms with Crippen LogP contribution in [0, 0.1) is 0 Å². The zero-order valence-corrected chi connectivity index (χ0v) is 15.5. The summed E-state index contributed by atoms with van der Waals surface area (Å²) in [6.07, 6.45) is -9.58. The Kier molecular flexibility index (Phi) is 57.4. The Labute approximate surface area is 136 Å². The first-order chi connectivity index (χ1) is 8.66. The van der Waals surface area contributed by atoms with Crippen LogP contribution >= 0.6 is 0 Å². The summed E-state index contributed by atoms with van der Waals surface area (Å²) in [4.78, 5) is 0. The third-order valence-corrected chi connectivity index (χ3v) is 0. The van der Waals surface area contributed by atoms with Crippen LogP contribution in [0.25, 0.3) is 0 Å². The van der Waals surface area contributed by atoms with Gasteiger partial charge in [0.15, 0.2) is 0 Å². The summed E-state index contributed by atoms with van der Waals surface area (Å²) in [5.74, 6) is 0. The SMILES string of the molecule is CC([O-])F.CC([O-])F.CC([O-])F.CC([O-])F.CC([O-])F.[Ta+5]. The van der Waals surface area contributed by atoms with E-state index in [1.165, 1.54) is 0 Å². The zero-order chi connectivity index (χ0) is 17.9. The molecule has 130 valence electrons. The molecule has 0 bridgehead atoms. The second-order valence-corrected chi connectivity index (χ2v) is 2.72. The van der Waals surface area contributed by atoms with Crippen LogP contribution < -0.4 is 25.5 Å². The standard InChI is InChI=1S/5C2H4FO.Ta/c5*1-2(3)4;/h5*2H,1H3;/q5*-1;+5. The van der Waals surface area contributed by atoms with Crippen LogP contribution in [0.5, 0.6) is 0 Å². The van der Waals surface area contributed by atoms with Gasteiger partial charge in [0.25, 0.3) is 0 Å². The van der Waals surface area contributed by atoms with Crippen molar-refractivity contribution in [1.82, 2.24) is 0 Å². The van der Waals surface area contributed by atoms with Gasteiger partial charge in [0.05, 0.1) is 0 Å². The van der Waals surface area contributed by atoms with E-state index in [1.807, 2.05) is 0 Å². The van der Waals surface area contributed by atoms with Crippen LogP contribution in [0.4, 0.5) is 22.0 Å². The van der Waals surface area contributed by atoms with E-state index in [9.17, 15) is 22.0 Å². The third kappa shape index (κ3) is 185000. The summed E-state index contributed by atoms with van der Waals surface area (Å²) in [7, 11) is 0. The second kappa shape index (κ2) is 32.2. The van der Waals surface area contributed by atoms with Gasteiger partial charge < -0.3 is 25.5 Å². The van der Waals surface area contributed by atoms with Gasteiger partial charge in [0.1, 0.15) is 0 Å². The molecule has 0 aliphatic heterocycles. The minimum Gasteiger partial charge on any atom is -0.827 e. The van der Waals surface area contributed by atoms with Crippen LogP contribution in [0.3, 0.4) is 0 Å². The van der Waals surface area contributed by atoms with Crippen molar-refractivity contribution in [2.24, 2.45) is 0 Å². The predicted octanol–water partition coefficient (Wildman–Crippen LogP) is -1.69. The van der Waals surface area contributed by atoms with Crippen molar-refractivity contribution in [3.63, 3.8) is 0 Å². The van der Waals surface area contributed by atoms with Crippen LogP contribution in [-0.4, -0.2) is 31.8 Å². The molecule has 5 unspecified atom stereocenters. The quantitative estimate of drug-likeness (QED) is 0.372. The van der Waals surface area contributed by atoms with Crippen LogP contribution in [0.2, 0.25) is 0 Å². The van der Waals surface area contributed by atoms with Gasteiger partial charge in [-0.15, -0.1) is 0 Å². The average Bonchev–Trinajstić information content (AvgIpc) is 1.94. The molecule has 21 heavy (non-hydrogen) atoms. The van der Waals surface area contributed by atoms with E-state index in [1.54, 1.807) is 0 Å². The van der Waals surface area contributed by atoms with Crippen molar-refractivity contribution in [1.29, 1.82) is 0 Å². The number of halogens is 5. The first-order valence-corrected chi connectivity index (χ1v) is 5.16. The predicted molar refractivity (Wildman–Crippen MR) is 52.9 cm³/mol. The van der Waals surface area contributed by atoms with Crippen LogP contribution in [-0.2, 0) is 22.4 Å². The Bertz CT molecular complexity index is 94.4. The van der Waals surface area contributed by atoms with Crippen molar-refractivity contribution < 1.29 is 69.9 Å². The minimum atomic E-state index is -1.92. The molecular formula is C10H20F5O5Ta. The Balaban J connectivity index is -0.0000000331. The molecule has 0 aromatic heterocycles. The largest absolute Gasteiger partial charge is 5.00 e. The summed E-state index contributed by atoms with van der Waals surface area (Å²) >= 11 is 0.